The number of hydrogen-bond acceptors (Lipinski definition) is 3. The third-order valence-electron chi connectivity index (χ3n) is 3.81. The van der Waals surface area contributed by atoms with Crippen molar-refractivity contribution in [2.75, 3.05) is 0 Å². The van der Waals surface area contributed by atoms with Crippen LogP contribution < -0.4 is 0 Å². The quantitative estimate of drug-likeness (QED) is 0.838. The zero-order valence-corrected chi connectivity index (χ0v) is 16.3. The smallest absolute Gasteiger partial charge is 0.255 e. The molecule has 0 aliphatic carbocycles. The van der Waals surface area contributed by atoms with Crippen molar-refractivity contribution in [1.29, 1.82) is 0 Å². The van der Waals surface area contributed by atoms with Gasteiger partial charge in [-0.2, -0.15) is 0 Å². The van der Waals surface area contributed by atoms with E-state index >= 15 is 0 Å². The Balaban J connectivity index is 3.60. The molecule has 0 aliphatic rings. The molecule has 0 bridgehead atoms. The molecule has 0 atom stereocenters. The average Bonchev–Trinajstić information content (AvgIpc) is 2.35. The lowest BCUT2D eigenvalue weighted by atomic mass is 10.1. The summed E-state index contributed by atoms with van der Waals surface area (Å²) in [6.45, 7) is 14.6. The molecule has 1 amide bonds. The first kappa shape index (κ1) is 19.7. The molecule has 0 heterocycles. The van der Waals surface area contributed by atoms with Crippen LogP contribution in [0.1, 0.15) is 64.4 Å². The molecule has 130 valence electrons. The van der Waals surface area contributed by atoms with Gasteiger partial charge in [0.05, 0.1) is 15.2 Å². The Morgan fingerprint density at radius 2 is 1.52 bits per heavy atom. The molecular weight excluding hydrogens is 310 g/mol. The number of carbonyl (C=O) groups excluding carboxylic acids is 1. The number of benzene rings is 1. The topological polar surface area (TPSA) is 54.5 Å². The molecule has 0 radical (unpaired) electrons. The van der Waals surface area contributed by atoms with E-state index in [1.54, 1.807) is 43.9 Å². The second-order valence-corrected chi connectivity index (χ2v) is 10.2. The Bertz CT molecular complexity index is 675. The molecule has 0 saturated heterocycles. The number of carbonyl (C=O) groups is 1. The molecule has 23 heavy (non-hydrogen) atoms. The molecule has 0 fully saturated rings. The van der Waals surface area contributed by atoms with Gasteiger partial charge in [-0.25, -0.2) is 8.42 Å². The van der Waals surface area contributed by atoms with Crippen molar-refractivity contribution < 1.29 is 13.2 Å². The van der Waals surface area contributed by atoms with Gasteiger partial charge in [-0.1, -0.05) is 11.6 Å². The van der Waals surface area contributed by atoms with Crippen LogP contribution in [0.3, 0.4) is 0 Å². The van der Waals surface area contributed by atoms with Gasteiger partial charge in [0.2, 0.25) is 0 Å². The van der Waals surface area contributed by atoms with Crippen molar-refractivity contribution in [3.8, 4) is 0 Å². The number of rotatable bonds is 4. The summed E-state index contributed by atoms with van der Waals surface area (Å²) in [7, 11) is -3.60. The van der Waals surface area contributed by atoms with E-state index in [4.69, 9.17) is 0 Å². The second kappa shape index (κ2) is 6.63. The predicted molar refractivity (Wildman–Crippen MR) is 94.6 cm³/mol. The summed E-state index contributed by atoms with van der Waals surface area (Å²) in [5.41, 5.74) is 1.14. The van der Waals surface area contributed by atoms with Gasteiger partial charge >= 0.3 is 0 Å². The molecule has 1 aromatic carbocycles. The molecular formula is C18H29NO3S. The Morgan fingerprint density at radius 1 is 1.04 bits per heavy atom. The van der Waals surface area contributed by atoms with Crippen LogP contribution in [-0.4, -0.2) is 36.1 Å². The largest absolute Gasteiger partial charge is 0.334 e. The highest BCUT2D eigenvalue weighted by Crippen LogP contribution is 2.29. The number of sulfone groups is 1. The monoisotopic (exact) mass is 339 g/mol. The van der Waals surface area contributed by atoms with Gasteiger partial charge in [0, 0.05) is 12.1 Å². The molecule has 4 nitrogen and oxygen atoms in total. The molecule has 0 unspecified atom stereocenters. The molecule has 1 aromatic rings. The maximum atomic E-state index is 13.0. The second-order valence-electron chi connectivity index (χ2n) is 7.52. The standard InChI is InChI=1S/C18H29NO3S/c1-12(2)19(13(3)4)17(20)15-11-14(5)9-10-16(15)23(21,22)18(6,7)8/h9-13H,1-8H3. The first-order valence-electron chi connectivity index (χ1n) is 7.98. The zero-order valence-electron chi connectivity index (χ0n) is 15.5. The summed E-state index contributed by atoms with van der Waals surface area (Å²) in [5, 5.41) is 0. The first-order valence-corrected chi connectivity index (χ1v) is 9.47. The summed E-state index contributed by atoms with van der Waals surface area (Å²) in [5.74, 6) is -0.235. The van der Waals surface area contributed by atoms with E-state index in [0.717, 1.165) is 5.56 Å². The minimum atomic E-state index is -3.60. The maximum Gasteiger partial charge on any atom is 0.255 e. The third-order valence-corrected chi connectivity index (χ3v) is 6.36. The van der Waals surface area contributed by atoms with Crippen LogP contribution in [0, 0.1) is 6.92 Å². The van der Waals surface area contributed by atoms with E-state index in [1.807, 2.05) is 34.6 Å². The summed E-state index contributed by atoms with van der Waals surface area (Å²) in [6.07, 6.45) is 0. The van der Waals surface area contributed by atoms with Crippen LogP contribution in [0.2, 0.25) is 0 Å². The lowest BCUT2D eigenvalue weighted by Crippen LogP contribution is -2.43. The van der Waals surface area contributed by atoms with Crippen LogP contribution in [0.25, 0.3) is 0 Å². The fourth-order valence-corrected chi connectivity index (χ4v) is 3.92. The van der Waals surface area contributed by atoms with Crippen LogP contribution in [-0.2, 0) is 9.84 Å². The highest BCUT2D eigenvalue weighted by molar-refractivity contribution is 7.92. The Hall–Kier alpha value is -1.36. The van der Waals surface area contributed by atoms with E-state index in [2.05, 4.69) is 0 Å². The van der Waals surface area contributed by atoms with Crippen molar-refractivity contribution >= 4 is 15.7 Å². The molecule has 0 saturated carbocycles. The number of nitrogens with zero attached hydrogens (tertiary/aromatic N) is 1. The summed E-state index contributed by atoms with van der Waals surface area (Å²) >= 11 is 0. The molecule has 0 aromatic heterocycles. The van der Waals surface area contributed by atoms with Gasteiger partial charge in [-0.05, 0) is 67.5 Å². The number of aryl methyl sites for hydroxylation is 1. The Labute approximate surface area is 140 Å². The highest BCUT2D eigenvalue weighted by Gasteiger charge is 2.35. The van der Waals surface area contributed by atoms with Gasteiger partial charge in [0.1, 0.15) is 0 Å². The van der Waals surface area contributed by atoms with E-state index in [-0.39, 0.29) is 28.4 Å². The van der Waals surface area contributed by atoms with E-state index in [9.17, 15) is 13.2 Å². The maximum absolute atomic E-state index is 13.0. The minimum absolute atomic E-state index is 0.00629. The van der Waals surface area contributed by atoms with Crippen LogP contribution in [0.5, 0.6) is 0 Å². The lowest BCUT2D eigenvalue weighted by Gasteiger charge is -2.32. The van der Waals surface area contributed by atoms with Crippen molar-refractivity contribution in [2.45, 2.75) is 77.1 Å². The molecule has 5 heteroatoms. The van der Waals surface area contributed by atoms with Gasteiger partial charge in [0.15, 0.2) is 9.84 Å². The van der Waals surface area contributed by atoms with E-state index in [0.29, 0.717) is 0 Å². The van der Waals surface area contributed by atoms with Crippen LogP contribution in [0.4, 0.5) is 0 Å². The lowest BCUT2D eigenvalue weighted by molar-refractivity contribution is 0.0639. The fraction of sp³-hybridized carbons (Fsp3) is 0.611. The molecule has 0 aliphatic heterocycles. The van der Waals surface area contributed by atoms with Crippen molar-refractivity contribution in [3.05, 3.63) is 29.3 Å². The fourth-order valence-electron chi connectivity index (χ4n) is 2.58. The summed E-state index contributed by atoms with van der Waals surface area (Å²) < 4.78 is 24.8. The van der Waals surface area contributed by atoms with Crippen molar-refractivity contribution in [3.63, 3.8) is 0 Å². The van der Waals surface area contributed by atoms with Gasteiger partial charge < -0.3 is 4.90 Å². The van der Waals surface area contributed by atoms with Crippen LogP contribution in [0.15, 0.2) is 23.1 Å². The minimum Gasteiger partial charge on any atom is -0.334 e. The molecule has 0 N–H and O–H groups in total. The third kappa shape index (κ3) is 3.94. The summed E-state index contributed by atoms with van der Waals surface area (Å²) in [4.78, 5) is 14.9. The SMILES string of the molecule is Cc1ccc(S(=O)(=O)C(C)(C)C)c(C(=O)N(C(C)C)C(C)C)c1. The first-order chi connectivity index (χ1) is 10.3. The van der Waals surface area contributed by atoms with E-state index < -0.39 is 14.6 Å². The van der Waals surface area contributed by atoms with Gasteiger partial charge in [-0.15, -0.1) is 0 Å². The number of hydrogen-bond donors (Lipinski definition) is 0. The Morgan fingerprint density at radius 3 is 1.91 bits per heavy atom. The number of amides is 1. The highest BCUT2D eigenvalue weighted by atomic mass is 32.2. The predicted octanol–water partition coefficient (Wildman–Crippen LogP) is 3.83. The van der Waals surface area contributed by atoms with E-state index in [1.165, 1.54) is 0 Å². The normalized spacial score (nSPS) is 12.8. The zero-order chi connectivity index (χ0) is 18.2. The summed E-state index contributed by atoms with van der Waals surface area (Å²) in [6, 6.07) is 4.96. The van der Waals surface area contributed by atoms with Crippen molar-refractivity contribution in [2.24, 2.45) is 0 Å². The van der Waals surface area contributed by atoms with Gasteiger partial charge in [-0.3, -0.25) is 4.79 Å². The average molecular weight is 340 g/mol. The van der Waals surface area contributed by atoms with Crippen molar-refractivity contribution in [1.82, 2.24) is 4.90 Å². The van der Waals surface area contributed by atoms with Gasteiger partial charge in [0.25, 0.3) is 5.91 Å². The molecule has 1 rings (SSSR count). The Kier molecular flexibility index (Phi) is 5.68. The van der Waals surface area contributed by atoms with Crippen LogP contribution >= 0.6 is 0 Å². The molecule has 0 spiro atoms.